The maximum absolute atomic E-state index is 13.3. The van der Waals surface area contributed by atoms with Gasteiger partial charge in [0.15, 0.2) is 0 Å². The van der Waals surface area contributed by atoms with Gasteiger partial charge in [0.2, 0.25) is 11.8 Å². The maximum atomic E-state index is 13.3. The van der Waals surface area contributed by atoms with Crippen molar-refractivity contribution in [2.45, 2.75) is 50.4 Å². The van der Waals surface area contributed by atoms with E-state index < -0.39 is 11.9 Å². The van der Waals surface area contributed by atoms with Crippen molar-refractivity contribution in [1.82, 2.24) is 10.3 Å². The third-order valence-corrected chi connectivity index (χ3v) is 5.85. The van der Waals surface area contributed by atoms with Crippen LogP contribution in [0.5, 0.6) is 0 Å². The van der Waals surface area contributed by atoms with Crippen LogP contribution in [-0.2, 0) is 15.8 Å². The molecule has 2 aromatic rings. The number of fused-ring (bicyclic) bond motifs is 1. The second kappa shape index (κ2) is 8.90. The highest BCUT2D eigenvalue weighted by molar-refractivity contribution is 6.31. The zero-order valence-electron chi connectivity index (χ0n) is 16.9. The van der Waals surface area contributed by atoms with Crippen LogP contribution in [0.3, 0.4) is 0 Å². The summed E-state index contributed by atoms with van der Waals surface area (Å²) >= 11 is 6.05. The van der Waals surface area contributed by atoms with Crippen LogP contribution in [0.25, 0.3) is 10.9 Å². The number of pyridine rings is 1. The lowest BCUT2D eigenvalue weighted by molar-refractivity contribution is -0.140. The zero-order valence-corrected chi connectivity index (χ0v) is 17.6. The Morgan fingerprint density at radius 2 is 1.81 bits per heavy atom. The van der Waals surface area contributed by atoms with Crippen molar-refractivity contribution in [3.05, 3.63) is 46.6 Å². The molecule has 1 saturated carbocycles. The fraction of sp³-hybridized carbons (Fsp3) is 0.364. The van der Waals surface area contributed by atoms with Gasteiger partial charge in [-0.2, -0.15) is 13.2 Å². The molecule has 0 bridgehead atoms. The van der Waals surface area contributed by atoms with Crippen LogP contribution in [0.1, 0.15) is 37.8 Å². The van der Waals surface area contributed by atoms with E-state index in [2.05, 4.69) is 20.6 Å². The van der Waals surface area contributed by atoms with E-state index in [-0.39, 0.29) is 35.8 Å². The summed E-state index contributed by atoms with van der Waals surface area (Å²) in [5, 5.41) is 7.09. The molecule has 2 heterocycles. The topological polar surface area (TPSA) is 83.5 Å². The molecular weight excluding hydrogens is 445 g/mol. The molecule has 32 heavy (non-hydrogen) atoms. The molecule has 0 unspecified atom stereocenters. The number of nitrogens with zero attached hydrogens (tertiary/aromatic N) is 2. The van der Waals surface area contributed by atoms with Gasteiger partial charge in [-0.3, -0.25) is 9.59 Å². The molecule has 4 rings (SSSR count). The van der Waals surface area contributed by atoms with E-state index >= 15 is 0 Å². The number of carbonyl (C=O) groups is 2. The summed E-state index contributed by atoms with van der Waals surface area (Å²) in [6.07, 6.45) is 0.921. The first-order valence-corrected chi connectivity index (χ1v) is 10.6. The molecule has 1 aliphatic carbocycles. The van der Waals surface area contributed by atoms with E-state index in [1.54, 1.807) is 6.07 Å². The molecule has 0 saturated heterocycles. The summed E-state index contributed by atoms with van der Waals surface area (Å²) in [6, 6.07) is 5.47. The van der Waals surface area contributed by atoms with Crippen molar-refractivity contribution >= 4 is 46.2 Å². The first-order chi connectivity index (χ1) is 15.2. The van der Waals surface area contributed by atoms with Crippen LogP contribution in [0.4, 0.5) is 18.9 Å². The lowest BCUT2D eigenvalue weighted by atomic mass is 9.90. The molecule has 1 aromatic carbocycles. The van der Waals surface area contributed by atoms with Crippen LogP contribution in [0.2, 0.25) is 5.02 Å². The smallest absolute Gasteiger partial charge is 0.382 e. The highest BCUT2D eigenvalue weighted by Crippen LogP contribution is 2.35. The monoisotopic (exact) mass is 464 g/mol. The fourth-order valence-electron chi connectivity index (χ4n) is 3.98. The number of benzene rings is 1. The van der Waals surface area contributed by atoms with Crippen LogP contribution in [0.15, 0.2) is 40.9 Å². The number of aromatic nitrogens is 1. The van der Waals surface area contributed by atoms with Gasteiger partial charge >= 0.3 is 6.18 Å². The number of carbonyl (C=O) groups excluding carboxylic acids is 2. The lowest BCUT2D eigenvalue weighted by Crippen LogP contribution is -2.41. The first-order valence-electron chi connectivity index (χ1n) is 10.2. The van der Waals surface area contributed by atoms with Gasteiger partial charge in [0, 0.05) is 40.0 Å². The standard InChI is InChI=1S/C22H20ClF3N4O2/c23-13-1-6-17-16(10-13)18(11-19(30-17)22(24,25)26)28-14-2-4-15(5-3-14)29-21(32)12-7-8-27-20(31)9-12/h1,6-8,10-11,14-15H,2-5,9H2,(H,28,30)(H,29,32). The van der Waals surface area contributed by atoms with E-state index in [0.717, 1.165) is 6.07 Å². The molecule has 1 aromatic heterocycles. The van der Waals surface area contributed by atoms with Gasteiger partial charge in [0.05, 0.1) is 11.9 Å². The van der Waals surface area contributed by atoms with Crippen LogP contribution in [0, 0.1) is 0 Å². The summed E-state index contributed by atoms with van der Waals surface area (Å²) in [5.74, 6) is -0.640. The Hall–Kier alpha value is -2.94. The van der Waals surface area contributed by atoms with Gasteiger partial charge < -0.3 is 10.6 Å². The molecule has 6 nitrogen and oxygen atoms in total. The molecule has 168 valence electrons. The summed E-state index contributed by atoms with van der Waals surface area (Å²) in [7, 11) is 0. The van der Waals surface area contributed by atoms with Gasteiger partial charge in [-0.15, -0.1) is 0 Å². The number of allylic oxidation sites excluding steroid dienone is 1. The number of halogens is 4. The average molecular weight is 465 g/mol. The van der Waals surface area contributed by atoms with Crippen molar-refractivity contribution < 1.29 is 22.8 Å². The number of nitrogens with one attached hydrogen (secondary N) is 2. The van der Waals surface area contributed by atoms with E-state index in [4.69, 9.17) is 11.6 Å². The minimum absolute atomic E-state index is 0.0154. The highest BCUT2D eigenvalue weighted by Gasteiger charge is 2.34. The Labute approximate surface area is 186 Å². The summed E-state index contributed by atoms with van der Waals surface area (Å²) in [4.78, 5) is 31.1. The SMILES string of the molecule is O=C1CC(C(=O)NC2CCC(Nc3cc(C(F)(F)F)nc4ccc(Cl)cc34)CC2)=CC=N1. The molecule has 0 atom stereocenters. The number of hydrogen-bond acceptors (Lipinski definition) is 4. The molecule has 10 heteroatoms. The van der Waals surface area contributed by atoms with Gasteiger partial charge in [0.1, 0.15) is 5.69 Å². The van der Waals surface area contributed by atoms with Crippen LogP contribution < -0.4 is 10.6 Å². The minimum atomic E-state index is -4.56. The molecule has 0 radical (unpaired) electrons. The Morgan fingerprint density at radius 3 is 2.50 bits per heavy atom. The maximum Gasteiger partial charge on any atom is 0.433 e. The van der Waals surface area contributed by atoms with Crippen molar-refractivity contribution in [3.8, 4) is 0 Å². The third-order valence-electron chi connectivity index (χ3n) is 5.61. The number of hydrogen-bond donors (Lipinski definition) is 2. The van der Waals surface area contributed by atoms with Crippen LogP contribution >= 0.6 is 11.6 Å². The predicted octanol–water partition coefficient (Wildman–Crippen LogP) is 4.67. The van der Waals surface area contributed by atoms with Gasteiger partial charge in [-0.1, -0.05) is 11.6 Å². The third kappa shape index (κ3) is 5.09. The quantitative estimate of drug-likeness (QED) is 0.688. The van der Waals surface area contributed by atoms with Gasteiger partial charge in [-0.25, -0.2) is 9.98 Å². The second-order valence-electron chi connectivity index (χ2n) is 7.92. The average Bonchev–Trinajstić information content (AvgIpc) is 2.74. The van der Waals surface area contributed by atoms with E-state index in [1.165, 1.54) is 24.4 Å². The Kier molecular flexibility index (Phi) is 6.19. The summed E-state index contributed by atoms with van der Waals surface area (Å²) < 4.78 is 39.9. The summed E-state index contributed by atoms with van der Waals surface area (Å²) in [6.45, 7) is 0. The van der Waals surface area contributed by atoms with E-state index in [9.17, 15) is 22.8 Å². The molecule has 2 amide bonds. The van der Waals surface area contributed by atoms with E-state index in [0.29, 0.717) is 47.4 Å². The van der Waals surface area contributed by atoms with Gasteiger partial charge in [0.25, 0.3) is 0 Å². The number of dihydropyridines is 1. The van der Waals surface area contributed by atoms with Crippen LogP contribution in [-0.4, -0.2) is 35.1 Å². The van der Waals surface area contributed by atoms with Crippen molar-refractivity contribution in [3.63, 3.8) is 0 Å². The minimum Gasteiger partial charge on any atom is -0.382 e. The Bertz CT molecular complexity index is 1120. The Balaban J connectivity index is 1.43. The predicted molar refractivity (Wildman–Crippen MR) is 116 cm³/mol. The Morgan fingerprint density at radius 1 is 1.09 bits per heavy atom. The fourth-order valence-corrected chi connectivity index (χ4v) is 4.15. The second-order valence-corrected chi connectivity index (χ2v) is 8.36. The highest BCUT2D eigenvalue weighted by atomic mass is 35.5. The molecule has 1 fully saturated rings. The largest absolute Gasteiger partial charge is 0.433 e. The summed E-state index contributed by atoms with van der Waals surface area (Å²) in [5.41, 5.74) is -0.0336. The zero-order chi connectivity index (χ0) is 22.9. The number of anilines is 1. The normalized spacial score (nSPS) is 21.4. The molecular formula is C22H20ClF3N4O2. The number of rotatable bonds is 4. The molecule has 1 aliphatic heterocycles. The molecule has 0 spiro atoms. The first kappa shape index (κ1) is 22.3. The number of amides is 2. The molecule has 2 N–H and O–H groups in total. The number of alkyl halides is 3. The van der Waals surface area contributed by atoms with Crippen molar-refractivity contribution in [2.24, 2.45) is 4.99 Å². The molecule has 2 aliphatic rings. The number of aliphatic imine (C=N–C) groups is 1. The lowest BCUT2D eigenvalue weighted by Gasteiger charge is -2.31. The van der Waals surface area contributed by atoms with Crippen molar-refractivity contribution in [1.29, 1.82) is 0 Å². The van der Waals surface area contributed by atoms with Gasteiger partial charge in [-0.05, 0) is 56.0 Å². The van der Waals surface area contributed by atoms with E-state index in [1.807, 2.05) is 0 Å². The van der Waals surface area contributed by atoms with Crippen molar-refractivity contribution in [2.75, 3.05) is 5.32 Å².